The van der Waals surface area contributed by atoms with Crippen LogP contribution in [0.2, 0.25) is 0 Å². The topological polar surface area (TPSA) is 68.1 Å². The summed E-state index contributed by atoms with van der Waals surface area (Å²) in [6.07, 6.45) is 3.28. The van der Waals surface area contributed by atoms with Crippen LogP contribution in [0.5, 0.6) is 0 Å². The molecule has 1 aliphatic rings. The Morgan fingerprint density at radius 2 is 2.14 bits per heavy atom. The third-order valence-corrected chi connectivity index (χ3v) is 3.95. The maximum atomic E-state index is 8.93. The Hall–Kier alpha value is -1.39. The molecular formula is C17H27N3O. The van der Waals surface area contributed by atoms with Gasteiger partial charge in [-0.05, 0) is 57.2 Å². The Bertz CT molecular complexity index is 509. The largest absolute Gasteiger partial charge is 0.396 e. The number of hydrogen-bond acceptors (Lipinski definition) is 4. The quantitative estimate of drug-likeness (QED) is 0.439. The first kappa shape index (κ1) is 16.0. The lowest BCUT2D eigenvalue weighted by Gasteiger charge is -2.20. The number of aryl methyl sites for hydroxylation is 1. The van der Waals surface area contributed by atoms with Gasteiger partial charge in [0.15, 0.2) is 0 Å². The van der Waals surface area contributed by atoms with E-state index in [-0.39, 0.29) is 6.61 Å². The third-order valence-electron chi connectivity index (χ3n) is 3.95. The van der Waals surface area contributed by atoms with Crippen LogP contribution >= 0.6 is 0 Å². The van der Waals surface area contributed by atoms with Crippen molar-refractivity contribution in [2.75, 3.05) is 18.5 Å². The first-order valence-corrected chi connectivity index (χ1v) is 7.83. The summed E-state index contributed by atoms with van der Waals surface area (Å²) in [6.45, 7) is 7.00. The van der Waals surface area contributed by atoms with Gasteiger partial charge in [0.2, 0.25) is 0 Å². The van der Waals surface area contributed by atoms with E-state index in [0.29, 0.717) is 17.8 Å². The third kappa shape index (κ3) is 4.29. The lowest BCUT2D eigenvalue weighted by atomic mass is 9.96. The fourth-order valence-corrected chi connectivity index (χ4v) is 2.70. The molecular weight excluding hydrogens is 262 g/mol. The summed E-state index contributed by atoms with van der Waals surface area (Å²) in [5.41, 5.74) is 4.96. The Labute approximate surface area is 127 Å². The highest BCUT2D eigenvalue weighted by molar-refractivity contribution is 6.02. The maximum Gasteiger partial charge on any atom is 0.0447 e. The molecule has 0 bridgehead atoms. The zero-order valence-electron chi connectivity index (χ0n) is 13.3. The number of nitrogens with one attached hydrogen (secondary N) is 3. The molecule has 4 heteroatoms. The van der Waals surface area contributed by atoms with Gasteiger partial charge < -0.3 is 21.1 Å². The molecule has 0 aliphatic heterocycles. The standard InChI is InChI=1S/C17H27N3O/c1-11-9-14(13(3)20-15-5-6-15)10-16(17(11)12(2)18)19-7-4-8-21/h9-10,13,15,18-21H,4-8H2,1-3H3. The number of anilines is 1. The number of aliphatic hydroxyl groups is 1. The van der Waals surface area contributed by atoms with Gasteiger partial charge in [0.25, 0.3) is 0 Å². The monoisotopic (exact) mass is 289 g/mol. The molecule has 1 aliphatic carbocycles. The predicted octanol–water partition coefficient (Wildman–Crippen LogP) is 2.99. The number of rotatable bonds is 8. The molecule has 0 spiro atoms. The average Bonchev–Trinajstić information content (AvgIpc) is 3.21. The second-order valence-electron chi connectivity index (χ2n) is 6.05. The zero-order chi connectivity index (χ0) is 15.4. The van der Waals surface area contributed by atoms with Crippen molar-refractivity contribution >= 4 is 11.4 Å². The fourth-order valence-electron chi connectivity index (χ4n) is 2.70. The molecule has 21 heavy (non-hydrogen) atoms. The SMILES string of the molecule is CC(=N)c1c(C)cc(C(C)NC2CC2)cc1NCCCO. The van der Waals surface area contributed by atoms with E-state index in [1.54, 1.807) is 0 Å². The van der Waals surface area contributed by atoms with Crippen molar-refractivity contribution in [1.29, 1.82) is 5.41 Å². The molecule has 4 N–H and O–H groups in total. The molecule has 1 fully saturated rings. The molecule has 1 atom stereocenters. The van der Waals surface area contributed by atoms with Gasteiger partial charge in [-0.2, -0.15) is 0 Å². The van der Waals surface area contributed by atoms with Crippen molar-refractivity contribution in [2.45, 2.75) is 52.1 Å². The van der Waals surface area contributed by atoms with E-state index in [4.69, 9.17) is 10.5 Å². The summed E-state index contributed by atoms with van der Waals surface area (Å²) in [5, 5.41) is 23.9. The highest BCUT2D eigenvalue weighted by atomic mass is 16.3. The smallest absolute Gasteiger partial charge is 0.0447 e. The second-order valence-corrected chi connectivity index (χ2v) is 6.05. The minimum absolute atomic E-state index is 0.185. The molecule has 4 nitrogen and oxygen atoms in total. The van der Waals surface area contributed by atoms with Crippen molar-refractivity contribution in [3.63, 3.8) is 0 Å². The summed E-state index contributed by atoms with van der Waals surface area (Å²) in [5.74, 6) is 0. The first-order valence-electron chi connectivity index (χ1n) is 7.83. The molecule has 2 rings (SSSR count). The highest BCUT2D eigenvalue weighted by Crippen LogP contribution is 2.29. The van der Waals surface area contributed by atoms with Crippen LogP contribution in [0.15, 0.2) is 12.1 Å². The van der Waals surface area contributed by atoms with E-state index in [1.165, 1.54) is 18.4 Å². The van der Waals surface area contributed by atoms with Crippen molar-refractivity contribution in [2.24, 2.45) is 0 Å². The molecule has 116 valence electrons. The lowest BCUT2D eigenvalue weighted by molar-refractivity contribution is 0.292. The molecule has 1 unspecified atom stereocenters. The zero-order valence-corrected chi connectivity index (χ0v) is 13.3. The average molecular weight is 289 g/mol. The highest BCUT2D eigenvalue weighted by Gasteiger charge is 2.24. The molecule has 1 aromatic rings. The number of aliphatic hydroxyl groups excluding tert-OH is 1. The van der Waals surface area contributed by atoms with Crippen LogP contribution in [0, 0.1) is 12.3 Å². The van der Waals surface area contributed by atoms with Crippen molar-refractivity contribution in [3.05, 3.63) is 28.8 Å². The van der Waals surface area contributed by atoms with Crippen LogP contribution in [-0.4, -0.2) is 30.0 Å². The molecule has 1 aromatic carbocycles. The second kappa shape index (κ2) is 7.05. The Morgan fingerprint density at radius 3 is 2.71 bits per heavy atom. The summed E-state index contributed by atoms with van der Waals surface area (Å²) in [4.78, 5) is 0. The van der Waals surface area contributed by atoms with E-state index in [2.05, 4.69) is 36.6 Å². The first-order chi connectivity index (χ1) is 10.0. The van der Waals surface area contributed by atoms with Gasteiger partial charge >= 0.3 is 0 Å². The van der Waals surface area contributed by atoms with E-state index in [9.17, 15) is 0 Å². The normalized spacial score (nSPS) is 15.8. The maximum absolute atomic E-state index is 8.93. The van der Waals surface area contributed by atoms with E-state index < -0.39 is 0 Å². The van der Waals surface area contributed by atoms with Crippen LogP contribution in [0.3, 0.4) is 0 Å². The lowest BCUT2D eigenvalue weighted by Crippen LogP contribution is -2.21. The van der Waals surface area contributed by atoms with Crippen LogP contribution in [0.1, 0.15) is 55.8 Å². The van der Waals surface area contributed by atoms with Crippen molar-refractivity contribution < 1.29 is 5.11 Å². The molecule has 0 aromatic heterocycles. The van der Waals surface area contributed by atoms with Gasteiger partial charge in [-0.15, -0.1) is 0 Å². The van der Waals surface area contributed by atoms with E-state index >= 15 is 0 Å². The number of benzene rings is 1. The van der Waals surface area contributed by atoms with Gasteiger partial charge in [0.05, 0.1) is 0 Å². The minimum atomic E-state index is 0.185. The summed E-state index contributed by atoms with van der Waals surface area (Å²) in [7, 11) is 0. The van der Waals surface area contributed by atoms with Gasteiger partial charge in [0.1, 0.15) is 0 Å². The fraction of sp³-hybridized carbons (Fsp3) is 0.588. The molecule has 0 saturated heterocycles. The summed E-state index contributed by atoms with van der Waals surface area (Å²) in [6, 6.07) is 5.34. The molecule has 0 heterocycles. The van der Waals surface area contributed by atoms with Gasteiger partial charge in [-0.1, -0.05) is 6.07 Å². The van der Waals surface area contributed by atoms with Crippen LogP contribution in [0.4, 0.5) is 5.69 Å². The van der Waals surface area contributed by atoms with Gasteiger partial charge in [-0.3, -0.25) is 0 Å². The van der Waals surface area contributed by atoms with E-state index in [0.717, 1.165) is 29.8 Å². The predicted molar refractivity (Wildman–Crippen MR) is 88.4 cm³/mol. The van der Waals surface area contributed by atoms with E-state index in [1.807, 2.05) is 6.92 Å². The van der Waals surface area contributed by atoms with Crippen molar-refractivity contribution in [3.8, 4) is 0 Å². The molecule has 0 amide bonds. The van der Waals surface area contributed by atoms with Crippen LogP contribution in [-0.2, 0) is 0 Å². The van der Waals surface area contributed by atoms with Gasteiger partial charge in [-0.25, -0.2) is 0 Å². The Balaban J connectivity index is 2.23. The Morgan fingerprint density at radius 1 is 1.43 bits per heavy atom. The van der Waals surface area contributed by atoms with Crippen LogP contribution < -0.4 is 10.6 Å². The minimum Gasteiger partial charge on any atom is -0.396 e. The summed E-state index contributed by atoms with van der Waals surface area (Å²) < 4.78 is 0. The van der Waals surface area contributed by atoms with Crippen molar-refractivity contribution in [1.82, 2.24) is 5.32 Å². The van der Waals surface area contributed by atoms with Crippen LogP contribution in [0.25, 0.3) is 0 Å². The number of hydrogen-bond donors (Lipinski definition) is 4. The summed E-state index contributed by atoms with van der Waals surface area (Å²) >= 11 is 0. The van der Waals surface area contributed by atoms with Gasteiger partial charge in [0, 0.05) is 42.2 Å². The Kier molecular flexibility index (Phi) is 5.37. The molecule has 0 radical (unpaired) electrons. The molecule has 1 saturated carbocycles.